The maximum absolute atomic E-state index is 6.43. The lowest BCUT2D eigenvalue weighted by Gasteiger charge is -2.24. The van der Waals surface area contributed by atoms with Gasteiger partial charge in [-0.2, -0.15) is 0 Å². The predicted molar refractivity (Wildman–Crippen MR) is 211 cm³/mol. The summed E-state index contributed by atoms with van der Waals surface area (Å²) in [6.45, 7) is 0. The zero-order valence-corrected chi connectivity index (χ0v) is 27.6. The average molecular weight is 654 g/mol. The average Bonchev–Trinajstić information content (AvgIpc) is 3.59. The molecule has 9 aromatic rings. The van der Waals surface area contributed by atoms with E-state index < -0.39 is 6.17 Å². The Morgan fingerprint density at radius 3 is 1.92 bits per heavy atom. The van der Waals surface area contributed by atoms with E-state index in [2.05, 4.69) is 163 Å². The Hall–Kier alpha value is -6.78. The van der Waals surface area contributed by atoms with Crippen LogP contribution >= 0.6 is 0 Å². The highest BCUT2D eigenvalue weighted by atomic mass is 16.3. The van der Waals surface area contributed by atoms with E-state index in [4.69, 9.17) is 14.4 Å². The number of furan rings is 1. The number of amidine groups is 2. The van der Waals surface area contributed by atoms with Crippen molar-refractivity contribution in [3.63, 3.8) is 0 Å². The quantitative estimate of drug-likeness (QED) is 0.201. The number of hydrogen-bond acceptors (Lipinski definition) is 4. The summed E-state index contributed by atoms with van der Waals surface area (Å²) in [7, 11) is 0. The van der Waals surface area contributed by atoms with Crippen molar-refractivity contribution in [2.45, 2.75) is 6.17 Å². The minimum Gasteiger partial charge on any atom is -0.456 e. The van der Waals surface area contributed by atoms with Gasteiger partial charge in [-0.3, -0.25) is 0 Å². The van der Waals surface area contributed by atoms with Gasteiger partial charge in [0.15, 0.2) is 6.17 Å². The number of hydrogen-bond donors (Lipinski definition) is 1. The third kappa shape index (κ3) is 5.08. The van der Waals surface area contributed by atoms with Gasteiger partial charge in [-0.25, -0.2) is 9.98 Å². The van der Waals surface area contributed by atoms with E-state index in [1.165, 1.54) is 21.9 Å². The van der Waals surface area contributed by atoms with Gasteiger partial charge in [0, 0.05) is 27.5 Å². The lowest BCUT2D eigenvalue weighted by molar-refractivity contribution is 0.669. The molecule has 1 N–H and O–H groups in total. The van der Waals surface area contributed by atoms with E-state index in [1.54, 1.807) is 0 Å². The number of aliphatic imine (C=N–C) groups is 2. The minimum absolute atomic E-state index is 0.444. The molecule has 2 heterocycles. The van der Waals surface area contributed by atoms with E-state index in [1.807, 2.05) is 18.2 Å². The Labute approximate surface area is 295 Å². The van der Waals surface area contributed by atoms with Crippen LogP contribution in [-0.2, 0) is 0 Å². The first-order valence-electron chi connectivity index (χ1n) is 17.3. The molecule has 0 spiro atoms. The van der Waals surface area contributed by atoms with Crippen LogP contribution in [0.1, 0.15) is 22.9 Å². The predicted octanol–water partition coefficient (Wildman–Crippen LogP) is 11.7. The summed E-state index contributed by atoms with van der Waals surface area (Å²) in [5.74, 6) is 1.60. The molecular formula is C47H31N3O. The standard InChI is InChI=1S/C47H31N3O/c1-3-12-30(13-4-1)34-24-27-42-41(29-34)44-39(20-11-21-43(44)51-42)38-25-26-40(37-19-10-9-18-36(37)38)47-49-45(32-15-5-2-6-16-32)48-46(50-47)35-23-22-31-14-7-8-17-33(31)28-35/h1-29,47H,(H,48,49,50). The molecule has 1 aromatic heterocycles. The summed E-state index contributed by atoms with van der Waals surface area (Å²) in [4.78, 5) is 10.5. The van der Waals surface area contributed by atoms with Crippen molar-refractivity contribution in [3.8, 4) is 22.3 Å². The topological polar surface area (TPSA) is 49.9 Å². The Morgan fingerprint density at radius 1 is 0.412 bits per heavy atom. The number of nitrogens with zero attached hydrogens (tertiary/aromatic N) is 2. The van der Waals surface area contributed by atoms with Gasteiger partial charge in [0.1, 0.15) is 22.8 Å². The van der Waals surface area contributed by atoms with E-state index in [-0.39, 0.29) is 0 Å². The second-order valence-corrected chi connectivity index (χ2v) is 13.0. The SMILES string of the molecule is c1ccc(C2=NC(c3ccc(-c4cccc5oc6ccc(-c7ccccc7)cc6c45)c4ccccc34)N=C(c3ccc4ccccc4c3)N2)cc1. The summed E-state index contributed by atoms with van der Waals surface area (Å²) in [5.41, 5.74) is 9.48. The van der Waals surface area contributed by atoms with Crippen LogP contribution < -0.4 is 5.32 Å². The summed E-state index contributed by atoms with van der Waals surface area (Å²) < 4.78 is 6.43. The zero-order chi connectivity index (χ0) is 33.7. The van der Waals surface area contributed by atoms with Crippen molar-refractivity contribution in [1.29, 1.82) is 0 Å². The molecule has 4 heteroatoms. The largest absolute Gasteiger partial charge is 0.456 e. The van der Waals surface area contributed by atoms with Gasteiger partial charge < -0.3 is 9.73 Å². The molecule has 51 heavy (non-hydrogen) atoms. The molecule has 1 atom stereocenters. The van der Waals surface area contributed by atoms with Crippen molar-refractivity contribution in [3.05, 3.63) is 193 Å². The highest BCUT2D eigenvalue weighted by Gasteiger charge is 2.24. The van der Waals surface area contributed by atoms with E-state index in [9.17, 15) is 0 Å². The monoisotopic (exact) mass is 653 g/mol. The van der Waals surface area contributed by atoms with Crippen molar-refractivity contribution in [1.82, 2.24) is 5.32 Å². The molecule has 8 aromatic carbocycles. The third-order valence-corrected chi connectivity index (χ3v) is 9.94. The summed E-state index contributed by atoms with van der Waals surface area (Å²) in [6, 6.07) is 61.6. The fraction of sp³-hybridized carbons (Fsp3) is 0.0213. The zero-order valence-electron chi connectivity index (χ0n) is 27.6. The molecule has 1 unspecified atom stereocenters. The Bertz CT molecular complexity index is 2830. The van der Waals surface area contributed by atoms with E-state index in [0.717, 1.165) is 72.2 Å². The van der Waals surface area contributed by atoms with Gasteiger partial charge in [0.2, 0.25) is 0 Å². The highest BCUT2D eigenvalue weighted by molar-refractivity contribution is 6.18. The van der Waals surface area contributed by atoms with Crippen molar-refractivity contribution < 1.29 is 4.42 Å². The van der Waals surface area contributed by atoms with Crippen LogP contribution in [0.25, 0.3) is 65.7 Å². The van der Waals surface area contributed by atoms with Crippen LogP contribution in [0.2, 0.25) is 0 Å². The first kappa shape index (κ1) is 29.2. The molecule has 0 saturated carbocycles. The molecule has 0 aliphatic carbocycles. The molecule has 0 bridgehead atoms. The first-order valence-corrected chi connectivity index (χ1v) is 17.3. The summed E-state index contributed by atoms with van der Waals surface area (Å²) in [6.07, 6.45) is -0.444. The Morgan fingerprint density at radius 2 is 1.10 bits per heavy atom. The van der Waals surface area contributed by atoms with Crippen molar-refractivity contribution in [2.75, 3.05) is 0 Å². The third-order valence-electron chi connectivity index (χ3n) is 9.94. The Kier molecular flexibility index (Phi) is 6.85. The van der Waals surface area contributed by atoms with Gasteiger partial charge >= 0.3 is 0 Å². The molecule has 1 aliphatic heterocycles. The van der Waals surface area contributed by atoms with Crippen LogP contribution in [0.15, 0.2) is 190 Å². The number of benzene rings is 8. The van der Waals surface area contributed by atoms with Crippen LogP contribution in [0.5, 0.6) is 0 Å². The van der Waals surface area contributed by atoms with E-state index in [0.29, 0.717) is 0 Å². The second kappa shape index (κ2) is 12.0. The first-order chi connectivity index (χ1) is 25.3. The highest BCUT2D eigenvalue weighted by Crippen LogP contribution is 2.42. The van der Waals surface area contributed by atoms with Crippen LogP contribution in [0.3, 0.4) is 0 Å². The van der Waals surface area contributed by atoms with Crippen LogP contribution in [-0.4, -0.2) is 11.7 Å². The lowest BCUT2D eigenvalue weighted by Crippen LogP contribution is -2.36. The van der Waals surface area contributed by atoms with Crippen molar-refractivity contribution >= 4 is 55.2 Å². The molecule has 10 rings (SSSR count). The molecule has 1 aliphatic rings. The number of fused-ring (bicyclic) bond motifs is 5. The molecule has 4 nitrogen and oxygen atoms in total. The Balaban J connectivity index is 1.15. The molecule has 0 saturated heterocycles. The maximum Gasteiger partial charge on any atom is 0.170 e. The van der Waals surface area contributed by atoms with Gasteiger partial charge in [-0.15, -0.1) is 0 Å². The fourth-order valence-corrected chi connectivity index (χ4v) is 7.46. The smallest absolute Gasteiger partial charge is 0.170 e. The summed E-state index contributed by atoms with van der Waals surface area (Å²) >= 11 is 0. The van der Waals surface area contributed by atoms with Gasteiger partial charge in [0.25, 0.3) is 0 Å². The number of nitrogens with one attached hydrogen (secondary N) is 1. The molecular weight excluding hydrogens is 623 g/mol. The molecule has 0 fully saturated rings. The number of rotatable bonds is 5. The minimum atomic E-state index is -0.444. The van der Waals surface area contributed by atoms with Crippen LogP contribution in [0.4, 0.5) is 0 Å². The molecule has 240 valence electrons. The van der Waals surface area contributed by atoms with E-state index >= 15 is 0 Å². The second-order valence-electron chi connectivity index (χ2n) is 13.0. The lowest BCUT2D eigenvalue weighted by atomic mass is 9.91. The van der Waals surface area contributed by atoms with Crippen molar-refractivity contribution in [2.24, 2.45) is 9.98 Å². The summed E-state index contributed by atoms with van der Waals surface area (Å²) in [5, 5.41) is 10.4. The molecule has 0 radical (unpaired) electrons. The van der Waals surface area contributed by atoms with Gasteiger partial charge in [-0.05, 0) is 68.1 Å². The van der Waals surface area contributed by atoms with Crippen LogP contribution in [0, 0.1) is 0 Å². The fourth-order valence-electron chi connectivity index (χ4n) is 7.46. The van der Waals surface area contributed by atoms with Gasteiger partial charge in [0.05, 0.1) is 0 Å². The normalized spacial score (nSPS) is 14.5. The maximum atomic E-state index is 6.43. The molecule has 0 amide bonds. The van der Waals surface area contributed by atoms with Gasteiger partial charge in [-0.1, -0.05) is 152 Å².